The molecule has 106 valence electrons. The fourth-order valence-corrected chi connectivity index (χ4v) is 2.70. The SMILES string of the molecule is COc1ccc(-c2nnc(NN3CCOCC3)s2)cc1. The number of hydrazine groups is 1. The Balaban J connectivity index is 1.68. The Morgan fingerprint density at radius 2 is 1.95 bits per heavy atom. The second-order valence-corrected chi connectivity index (χ2v) is 5.33. The highest BCUT2D eigenvalue weighted by molar-refractivity contribution is 7.18. The van der Waals surface area contributed by atoms with Crippen molar-refractivity contribution in [1.29, 1.82) is 0 Å². The number of ether oxygens (including phenoxy) is 2. The van der Waals surface area contributed by atoms with Gasteiger partial charge in [0, 0.05) is 18.7 Å². The predicted octanol–water partition coefficient (Wildman–Crippen LogP) is 1.87. The molecule has 1 saturated heterocycles. The fourth-order valence-electron chi connectivity index (χ4n) is 1.93. The lowest BCUT2D eigenvalue weighted by Crippen LogP contribution is -2.40. The number of hydrogen-bond acceptors (Lipinski definition) is 7. The van der Waals surface area contributed by atoms with Crippen molar-refractivity contribution in [2.45, 2.75) is 0 Å². The van der Waals surface area contributed by atoms with Crippen LogP contribution in [0.3, 0.4) is 0 Å². The molecule has 3 rings (SSSR count). The van der Waals surface area contributed by atoms with E-state index in [1.807, 2.05) is 24.3 Å². The number of anilines is 1. The Labute approximate surface area is 121 Å². The Hall–Kier alpha value is -1.70. The second kappa shape index (κ2) is 6.17. The largest absolute Gasteiger partial charge is 0.497 e. The van der Waals surface area contributed by atoms with E-state index in [2.05, 4.69) is 20.6 Å². The molecule has 7 heteroatoms. The maximum Gasteiger partial charge on any atom is 0.220 e. The van der Waals surface area contributed by atoms with Crippen LogP contribution in [0.4, 0.5) is 5.13 Å². The zero-order valence-corrected chi connectivity index (χ0v) is 12.0. The van der Waals surface area contributed by atoms with Gasteiger partial charge in [0.05, 0.1) is 20.3 Å². The van der Waals surface area contributed by atoms with E-state index in [1.165, 1.54) is 11.3 Å². The minimum atomic E-state index is 0.747. The average molecular weight is 292 g/mol. The summed E-state index contributed by atoms with van der Waals surface area (Å²) in [6, 6.07) is 7.81. The van der Waals surface area contributed by atoms with Gasteiger partial charge in [-0.15, -0.1) is 10.2 Å². The average Bonchev–Trinajstić information content (AvgIpc) is 2.97. The monoisotopic (exact) mass is 292 g/mol. The van der Waals surface area contributed by atoms with Gasteiger partial charge in [-0.05, 0) is 24.3 Å². The molecule has 0 radical (unpaired) electrons. The molecule has 0 aliphatic carbocycles. The van der Waals surface area contributed by atoms with Crippen LogP contribution in [0.5, 0.6) is 5.75 Å². The van der Waals surface area contributed by atoms with Gasteiger partial charge >= 0.3 is 0 Å². The molecule has 0 bridgehead atoms. The summed E-state index contributed by atoms with van der Waals surface area (Å²) < 4.78 is 10.5. The summed E-state index contributed by atoms with van der Waals surface area (Å²) in [7, 11) is 1.66. The molecule has 1 aromatic carbocycles. The van der Waals surface area contributed by atoms with Crippen molar-refractivity contribution < 1.29 is 9.47 Å². The standard InChI is InChI=1S/C13H16N4O2S/c1-18-11-4-2-10(3-5-11)12-14-15-13(20-12)16-17-6-8-19-9-7-17/h2-5H,6-9H2,1H3,(H,15,16). The number of methoxy groups -OCH3 is 1. The molecular weight excluding hydrogens is 276 g/mol. The summed E-state index contributed by atoms with van der Waals surface area (Å²) in [5.74, 6) is 0.838. The fraction of sp³-hybridized carbons (Fsp3) is 0.385. The number of hydrogen-bond donors (Lipinski definition) is 1. The summed E-state index contributed by atoms with van der Waals surface area (Å²) in [4.78, 5) is 0. The smallest absolute Gasteiger partial charge is 0.220 e. The third-order valence-corrected chi connectivity index (χ3v) is 3.90. The third-order valence-electron chi connectivity index (χ3n) is 3.03. The highest BCUT2D eigenvalue weighted by atomic mass is 32.1. The van der Waals surface area contributed by atoms with Crippen LogP contribution in [-0.2, 0) is 4.74 Å². The van der Waals surface area contributed by atoms with Gasteiger partial charge in [-0.3, -0.25) is 5.43 Å². The van der Waals surface area contributed by atoms with E-state index in [0.717, 1.165) is 47.8 Å². The van der Waals surface area contributed by atoms with E-state index >= 15 is 0 Å². The van der Waals surface area contributed by atoms with E-state index < -0.39 is 0 Å². The first-order valence-corrected chi connectivity index (χ1v) is 7.24. The zero-order valence-electron chi connectivity index (χ0n) is 11.2. The number of nitrogens with zero attached hydrogens (tertiary/aromatic N) is 3. The van der Waals surface area contributed by atoms with E-state index in [9.17, 15) is 0 Å². The molecule has 1 fully saturated rings. The summed E-state index contributed by atoms with van der Waals surface area (Å²) in [6.45, 7) is 3.21. The topological polar surface area (TPSA) is 59.5 Å². The van der Waals surface area contributed by atoms with Crippen LogP contribution in [0, 0.1) is 0 Å². The van der Waals surface area contributed by atoms with Crippen LogP contribution in [0.15, 0.2) is 24.3 Å². The third kappa shape index (κ3) is 3.06. The van der Waals surface area contributed by atoms with Gasteiger partial charge in [-0.1, -0.05) is 11.3 Å². The van der Waals surface area contributed by atoms with Crippen molar-refractivity contribution in [2.24, 2.45) is 0 Å². The number of rotatable bonds is 4. The van der Waals surface area contributed by atoms with Crippen molar-refractivity contribution in [3.8, 4) is 16.3 Å². The summed E-state index contributed by atoms with van der Waals surface area (Å²) in [5, 5.41) is 12.2. The quantitative estimate of drug-likeness (QED) is 0.928. The first-order valence-electron chi connectivity index (χ1n) is 6.42. The lowest BCUT2D eigenvalue weighted by Gasteiger charge is -2.26. The van der Waals surface area contributed by atoms with Crippen molar-refractivity contribution in [3.05, 3.63) is 24.3 Å². The van der Waals surface area contributed by atoms with Crippen LogP contribution in [-0.4, -0.2) is 48.6 Å². The van der Waals surface area contributed by atoms with Crippen molar-refractivity contribution >= 4 is 16.5 Å². The van der Waals surface area contributed by atoms with Gasteiger partial charge < -0.3 is 9.47 Å². The number of nitrogens with one attached hydrogen (secondary N) is 1. The molecule has 1 aromatic heterocycles. The summed E-state index contributed by atoms with van der Waals surface area (Å²) >= 11 is 1.54. The highest BCUT2D eigenvalue weighted by Gasteiger charge is 2.13. The number of morpholine rings is 1. The summed E-state index contributed by atoms with van der Waals surface area (Å²) in [6.07, 6.45) is 0. The van der Waals surface area contributed by atoms with Crippen molar-refractivity contribution in [1.82, 2.24) is 15.2 Å². The summed E-state index contributed by atoms with van der Waals surface area (Å²) in [5.41, 5.74) is 4.31. The van der Waals surface area contributed by atoms with Gasteiger partial charge in [-0.25, -0.2) is 5.01 Å². The van der Waals surface area contributed by atoms with Crippen LogP contribution in [0.1, 0.15) is 0 Å². The Morgan fingerprint density at radius 1 is 1.20 bits per heavy atom. The van der Waals surface area contributed by atoms with Gasteiger partial charge in [0.1, 0.15) is 10.8 Å². The van der Waals surface area contributed by atoms with E-state index in [4.69, 9.17) is 9.47 Å². The second-order valence-electron chi connectivity index (χ2n) is 4.35. The Kier molecular flexibility index (Phi) is 4.10. The lowest BCUT2D eigenvalue weighted by molar-refractivity contribution is 0.0496. The van der Waals surface area contributed by atoms with Gasteiger partial charge in [0.2, 0.25) is 5.13 Å². The molecule has 20 heavy (non-hydrogen) atoms. The molecule has 0 saturated carbocycles. The molecule has 0 amide bonds. The van der Waals surface area contributed by atoms with Gasteiger partial charge in [0.15, 0.2) is 0 Å². The predicted molar refractivity (Wildman–Crippen MR) is 77.9 cm³/mol. The molecule has 1 N–H and O–H groups in total. The van der Waals surface area contributed by atoms with E-state index in [0.29, 0.717) is 0 Å². The number of benzene rings is 1. The molecule has 6 nitrogen and oxygen atoms in total. The first kappa shape index (κ1) is 13.3. The Morgan fingerprint density at radius 3 is 2.65 bits per heavy atom. The maximum atomic E-state index is 5.31. The molecule has 0 atom stereocenters. The maximum absolute atomic E-state index is 5.31. The van der Waals surface area contributed by atoms with Crippen LogP contribution < -0.4 is 10.2 Å². The first-order chi connectivity index (χ1) is 9.85. The normalized spacial score (nSPS) is 16.1. The van der Waals surface area contributed by atoms with Crippen LogP contribution >= 0.6 is 11.3 Å². The van der Waals surface area contributed by atoms with Crippen molar-refractivity contribution in [3.63, 3.8) is 0 Å². The van der Waals surface area contributed by atoms with E-state index in [-0.39, 0.29) is 0 Å². The molecular formula is C13H16N4O2S. The molecule has 1 aliphatic rings. The molecule has 2 aromatic rings. The van der Waals surface area contributed by atoms with Crippen LogP contribution in [0.2, 0.25) is 0 Å². The number of aromatic nitrogens is 2. The molecule has 2 heterocycles. The van der Waals surface area contributed by atoms with Crippen molar-refractivity contribution in [2.75, 3.05) is 38.8 Å². The minimum absolute atomic E-state index is 0.747. The van der Waals surface area contributed by atoms with Crippen LogP contribution in [0.25, 0.3) is 10.6 Å². The molecule has 1 aliphatic heterocycles. The zero-order chi connectivity index (χ0) is 13.8. The molecule has 0 spiro atoms. The Bertz CT molecular complexity index is 552. The van der Waals surface area contributed by atoms with Gasteiger partial charge in [-0.2, -0.15) is 0 Å². The highest BCUT2D eigenvalue weighted by Crippen LogP contribution is 2.27. The van der Waals surface area contributed by atoms with E-state index in [1.54, 1.807) is 7.11 Å². The molecule has 0 unspecified atom stereocenters. The minimum Gasteiger partial charge on any atom is -0.497 e. The lowest BCUT2D eigenvalue weighted by atomic mass is 10.2. The van der Waals surface area contributed by atoms with Gasteiger partial charge in [0.25, 0.3) is 0 Å².